The molecule has 3 fully saturated rings. The number of methoxy groups -OCH3 is 1. The Morgan fingerprint density at radius 1 is 1.23 bits per heavy atom. The van der Waals surface area contributed by atoms with Crippen LogP contribution in [-0.4, -0.2) is 53.9 Å². The molecule has 4 heterocycles. The van der Waals surface area contributed by atoms with Crippen molar-refractivity contribution in [3.05, 3.63) is 30.0 Å². The smallest absolute Gasteiger partial charge is 0.292 e. The molecule has 3 aliphatic rings. The fourth-order valence-corrected chi connectivity index (χ4v) is 4.16. The van der Waals surface area contributed by atoms with Gasteiger partial charge in [-0.05, 0) is 50.0 Å². The van der Waals surface area contributed by atoms with Crippen LogP contribution in [0.2, 0.25) is 0 Å². The van der Waals surface area contributed by atoms with Crippen LogP contribution < -0.4 is 10.1 Å². The average Bonchev–Trinajstić information content (AvgIpc) is 2.98. The molecular weight excluding hydrogens is 354 g/mol. The number of amides is 1. The number of nitrogens with one attached hydrogen (secondary N) is 1. The molecule has 0 radical (unpaired) electrons. The third kappa shape index (κ3) is 3.19. The van der Waals surface area contributed by atoms with Crippen molar-refractivity contribution in [3.63, 3.8) is 0 Å². The molecule has 2 bridgehead atoms. The lowest BCUT2D eigenvalue weighted by molar-refractivity contribution is -0.119. The quantitative estimate of drug-likeness (QED) is 0.654. The van der Waals surface area contributed by atoms with Crippen molar-refractivity contribution < 1.29 is 14.3 Å². The number of fused-ring (bicyclic) bond motifs is 4. The Hall–Kier alpha value is -2.05. The second-order valence-corrected chi connectivity index (χ2v) is 7.08. The molecule has 7 heteroatoms. The lowest BCUT2D eigenvalue weighted by Crippen LogP contribution is -2.58. The molecule has 1 amide bonds. The summed E-state index contributed by atoms with van der Waals surface area (Å²) in [4.78, 5) is 27.7. The van der Waals surface area contributed by atoms with Gasteiger partial charge in [0, 0.05) is 36.7 Å². The molecule has 1 aromatic heterocycles. The summed E-state index contributed by atoms with van der Waals surface area (Å²) in [5, 5.41) is 3.73. The number of hydrogen-bond acceptors (Lipinski definition) is 4. The van der Waals surface area contributed by atoms with E-state index in [1.807, 2.05) is 29.8 Å². The number of ether oxygens (including phenoxy) is 1. The van der Waals surface area contributed by atoms with Crippen molar-refractivity contribution in [2.24, 2.45) is 13.0 Å². The summed E-state index contributed by atoms with van der Waals surface area (Å²) in [6.07, 6.45) is 3.93. The summed E-state index contributed by atoms with van der Waals surface area (Å²) in [6, 6.07) is 5.65. The van der Waals surface area contributed by atoms with Crippen LogP contribution in [0, 0.1) is 5.92 Å². The number of ketones is 1. The lowest BCUT2D eigenvalue weighted by Gasteiger charge is -2.44. The van der Waals surface area contributed by atoms with Crippen LogP contribution in [0.3, 0.4) is 0 Å². The Bertz CT molecular complexity index is 840. The SMILES string of the molecule is COc1ccc2c(c1)c(C(=O)C(=O)N[C@@H]1CN3CCC1CC3)cn2C.Cl. The summed E-state index contributed by atoms with van der Waals surface area (Å²) >= 11 is 0. The molecule has 2 aromatic rings. The summed E-state index contributed by atoms with van der Waals surface area (Å²) in [6.45, 7) is 3.06. The average molecular weight is 378 g/mol. The third-order valence-electron chi connectivity index (χ3n) is 5.62. The number of piperidine rings is 3. The van der Waals surface area contributed by atoms with Crippen LogP contribution in [0.15, 0.2) is 24.4 Å². The Balaban J connectivity index is 0.00000196. The van der Waals surface area contributed by atoms with Gasteiger partial charge in [-0.2, -0.15) is 0 Å². The van der Waals surface area contributed by atoms with Crippen LogP contribution >= 0.6 is 12.4 Å². The molecule has 5 rings (SSSR count). The molecule has 140 valence electrons. The number of halogens is 1. The number of aryl methyl sites for hydroxylation is 1. The zero-order valence-electron chi connectivity index (χ0n) is 15.0. The fourth-order valence-electron chi connectivity index (χ4n) is 4.16. The number of benzene rings is 1. The van der Waals surface area contributed by atoms with Gasteiger partial charge >= 0.3 is 0 Å². The molecule has 0 unspecified atom stereocenters. The Kier molecular flexibility index (Phi) is 5.25. The second kappa shape index (κ2) is 7.29. The van der Waals surface area contributed by atoms with E-state index >= 15 is 0 Å². The highest BCUT2D eigenvalue weighted by Gasteiger charge is 2.36. The predicted molar refractivity (Wildman–Crippen MR) is 102 cm³/mol. The van der Waals surface area contributed by atoms with Crippen molar-refractivity contribution >= 4 is 35.0 Å². The number of aromatic nitrogens is 1. The molecule has 1 N–H and O–H groups in total. The largest absolute Gasteiger partial charge is 0.497 e. The van der Waals surface area contributed by atoms with Crippen molar-refractivity contribution in [2.45, 2.75) is 18.9 Å². The van der Waals surface area contributed by atoms with Gasteiger partial charge in [0.25, 0.3) is 11.7 Å². The van der Waals surface area contributed by atoms with E-state index in [2.05, 4.69) is 10.2 Å². The number of carbonyl (C=O) groups is 2. The molecule has 0 aliphatic carbocycles. The van der Waals surface area contributed by atoms with Gasteiger partial charge in [0.1, 0.15) is 5.75 Å². The summed E-state index contributed by atoms with van der Waals surface area (Å²) in [5.74, 6) is 0.185. The molecular formula is C19H24ClN3O3. The molecule has 6 nitrogen and oxygen atoms in total. The van der Waals surface area contributed by atoms with Crippen LogP contribution in [0.1, 0.15) is 23.2 Å². The minimum absolute atomic E-state index is 0. The monoisotopic (exact) mass is 377 g/mol. The first-order valence-corrected chi connectivity index (χ1v) is 8.77. The van der Waals surface area contributed by atoms with Crippen LogP contribution in [0.5, 0.6) is 5.75 Å². The molecule has 3 aliphatic heterocycles. The number of nitrogens with zero attached hydrogens (tertiary/aromatic N) is 2. The van der Waals surface area contributed by atoms with E-state index < -0.39 is 11.7 Å². The Labute approximate surface area is 158 Å². The van der Waals surface area contributed by atoms with E-state index in [9.17, 15) is 9.59 Å². The van der Waals surface area contributed by atoms with Crippen LogP contribution in [0.4, 0.5) is 0 Å². The molecule has 0 saturated carbocycles. The fraction of sp³-hybridized carbons (Fsp3) is 0.474. The van der Waals surface area contributed by atoms with E-state index in [-0.39, 0.29) is 18.4 Å². The highest BCUT2D eigenvalue weighted by molar-refractivity contribution is 6.45. The van der Waals surface area contributed by atoms with Gasteiger partial charge in [0.2, 0.25) is 0 Å². The molecule has 1 aromatic carbocycles. The maximum absolute atomic E-state index is 12.8. The van der Waals surface area contributed by atoms with Crippen LogP contribution in [0.25, 0.3) is 10.9 Å². The molecule has 3 saturated heterocycles. The van der Waals surface area contributed by atoms with Crippen molar-refractivity contribution in [3.8, 4) is 5.75 Å². The number of carbonyl (C=O) groups excluding carboxylic acids is 2. The van der Waals surface area contributed by atoms with E-state index in [0.717, 1.165) is 43.4 Å². The van der Waals surface area contributed by atoms with Gasteiger partial charge in [-0.15, -0.1) is 12.4 Å². The molecule has 26 heavy (non-hydrogen) atoms. The van der Waals surface area contributed by atoms with E-state index in [1.54, 1.807) is 13.3 Å². The first-order valence-electron chi connectivity index (χ1n) is 8.77. The number of hydrogen-bond donors (Lipinski definition) is 1. The van der Waals surface area contributed by atoms with Crippen molar-refractivity contribution in [2.75, 3.05) is 26.7 Å². The normalized spacial score (nSPS) is 24.2. The first-order chi connectivity index (χ1) is 12.1. The summed E-state index contributed by atoms with van der Waals surface area (Å²) in [5.41, 5.74) is 1.33. The van der Waals surface area contributed by atoms with Crippen molar-refractivity contribution in [1.29, 1.82) is 0 Å². The zero-order chi connectivity index (χ0) is 17.6. The summed E-state index contributed by atoms with van der Waals surface area (Å²) in [7, 11) is 3.46. The Morgan fingerprint density at radius 2 is 1.96 bits per heavy atom. The van der Waals surface area contributed by atoms with Gasteiger partial charge < -0.3 is 19.5 Å². The van der Waals surface area contributed by atoms with Gasteiger partial charge in [0.15, 0.2) is 0 Å². The van der Waals surface area contributed by atoms with Gasteiger partial charge in [-0.3, -0.25) is 9.59 Å². The maximum Gasteiger partial charge on any atom is 0.292 e. The number of rotatable bonds is 4. The predicted octanol–water partition coefficient (Wildman–Crippen LogP) is 2.00. The van der Waals surface area contributed by atoms with E-state index in [1.165, 1.54) is 0 Å². The van der Waals surface area contributed by atoms with Crippen LogP contribution in [-0.2, 0) is 11.8 Å². The summed E-state index contributed by atoms with van der Waals surface area (Å²) < 4.78 is 7.12. The highest BCUT2D eigenvalue weighted by atomic mass is 35.5. The topological polar surface area (TPSA) is 63.6 Å². The number of Topliss-reactive ketones (excluding diaryl/α,β-unsaturated/α-hetero) is 1. The van der Waals surface area contributed by atoms with Gasteiger partial charge in [-0.25, -0.2) is 0 Å². The molecule has 1 atom stereocenters. The minimum Gasteiger partial charge on any atom is -0.497 e. The van der Waals surface area contributed by atoms with Gasteiger partial charge in [-0.1, -0.05) is 0 Å². The third-order valence-corrected chi connectivity index (χ3v) is 5.62. The standard InChI is InChI=1S/C19H23N3O3.ClH/c1-21-10-15(14-9-13(25-2)3-4-17(14)21)18(23)19(24)20-16-11-22-7-5-12(16)6-8-22;/h3-4,9-10,12,16H,5-8,11H2,1-2H3,(H,20,24);1H/t16-;/m1./s1. The lowest BCUT2D eigenvalue weighted by atomic mass is 9.84. The van der Waals surface area contributed by atoms with E-state index in [4.69, 9.17) is 4.74 Å². The maximum atomic E-state index is 12.8. The highest BCUT2D eigenvalue weighted by Crippen LogP contribution is 2.28. The second-order valence-electron chi connectivity index (χ2n) is 7.08. The van der Waals surface area contributed by atoms with E-state index in [0.29, 0.717) is 17.2 Å². The minimum atomic E-state index is -0.505. The Morgan fingerprint density at radius 3 is 2.58 bits per heavy atom. The molecule has 0 spiro atoms. The zero-order valence-corrected chi connectivity index (χ0v) is 15.8. The van der Waals surface area contributed by atoms with Crippen molar-refractivity contribution in [1.82, 2.24) is 14.8 Å². The van der Waals surface area contributed by atoms with Gasteiger partial charge in [0.05, 0.1) is 12.7 Å². The first kappa shape index (κ1) is 18.7.